The number of rotatable bonds is 2. The second-order valence-corrected chi connectivity index (χ2v) is 4.55. The monoisotopic (exact) mass is 244 g/mol. The normalized spacial score (nSPS) is 16.8. The molecule has 0 atom stereocenters. The van der Waals surface area contributed by atoms with Gasteiger partial charge in [-0.25, -0.2) is 4.79 Å². The minimum Gasteiger partial charge on any atom is -0.447 e. The van der Waals surface area contributed by atoms with Crippen LogP contribution in [0.3, 0.4) is 0 Å². The molecule has 0 bridgehead atoms. The highest BCUT2D eigenvalue weighted by Gasteiger charge is 2.23. The standard InChI is InChI=1S/C11H22N2O2.C2H6/c1-9(2)12-5-7-13(8-6-12)11(14)15-10(3)4;1-2/h9-10H,5-8H2,1-4H3;1-2H3. The van der Waals surface area contributed by atoms with Gasteiger partial charge in [0.1, 0.15) is 0 Å². The van der Waals surface area contributed by atoms with Gasteiger partial charge < -0.3 is 9.64 Å². The molecular formula is C13H28N2O2. The summed E-state index contributed by atoms with van der Waals surface area (Å²) in [4.78, 5) is 15.7. The van der Waals surface area contributed by atoms with E-state index in [1.807, 2.05) is 27.7 Å². The summed E-state index contributed by atoms with van der Waals surface area (Å²) >= 11 is 0. The number of piperazine rings is 1. The fourth-order valence-corrected chi connectivity index (χ4v) is 1.70. The Balaban J connectivity index is 0.00000121. The summed E-state index contributed by atoms with van der Waals surface area (Å²) < 4.78 is 5.15. The van der Waals surface area contributed by atoms with Crippen molar-refractivity contribution in [3.63, 3.8) is 0 Å². The van der Waals surface area contributed by atoms with E-state index in [-0.39, 0.29) is 12.2 Å². The smallest absolute Gasteiger partial charge is 0.410 e. The van der Waals surface area contributed by atoms with Crippen LogP contribution in [0.2, 0.25) is 0 Å². The average Bonchev–Trinajstić information content (AvgIpc) is 2.31. The lowest BCUT2D eigenvalue weighted by atomic mass is 10.2. The third kappa shape index (κ3) is 5.91. The second-order valence-electron chi connectivity index (χ2n) is 4.55. The number of hydrogen-bond acceptors (Lipinski definition) is 3. The molecule has 0 unspecified atom stereocenters. The molecular weight excluding hydrogens is 216 g/mol. The van der Waals surface area contributed by atoms with Crippen molar-refractivity contribution in [2.24, 2.45) is 0 Å². The van der Waals surface area contributed by atoms with Gasteiger partial charge in [0, 0.05) is 32.2 Å². The van der Waals surface area contributed by atoms with Gasteiger partial charge in [0.25, 0.3) is 0 Å². The minimum atomic E-state index is -0.173. The predicted octanol–water partition coefficient (Wildman–Crippen LogP) is 2.58. The molecule has 0 saturated carbocycles. The average molecular weight is 244 g/mol. The van der Waals surface area contributed by atoms with E-state index >= 15 is 0 Å². The van der Waals surface area contributed by atoms with Crippen molar-refractivity contribution in [1.82, 2.24) is 9.80 Å². The highest BCUT2D eigenvalue weighted by atomic mass is 16.6. The van der Waals surface area contributed by atoms with E-state index in [0.717, 1.165) is 26.2 Å². The first-order chi connectivity index (χ1) is 8.00. The number of carbonyl (C=O) groups is 1. The van der Waals surface area contributed by atoms with Gasteiger partial charge in [-0.3, -0.25) is 4.90 Å². The summed E-state index contributed by atoms with van der Waals surface area (Å²) in [6.45, 7) is 15.6. The van der Waals surface area contributed by atoms with Crippen molar-refractivity contribution in [3.05, 3.63) is 0 Å². The Labute approximate surface area is 106 Å². The summed E-state index contributed by atoms with van der Waals surface area (Å²) in [6.07, 6.45) is -0.200. The van der Waals surface area contributed by atoms with Crippen molar-refractivity contribution >= 4 is 6.09 Å². The van der Waals surface area contributed by atoms with Crippen molar-refractivity contribution in [3.8, 4) is 0 Å². The van der Waals surface area contributed by atoms with Crippen molar-refractivity contribution in [1.29, 1.82) is 0 Å². The van der Waals surface area contributed by atoms with Gasteiger partial charge in [-0.1, -0.05) is 13.8 Å². The van der Waals surface area contributed by atoms with Gasteiger partial charge in [-0.05, 0) is 27.7 Å². The van der Waals surface area contributed by atoms with Gasteiger partial charge in [-0.2, -0.15) is 0 Å². The van der Waals surface area contributed by atoms with Crippen LogP contribution in [0.15, 0.2) is 0 Å². The van der Waals surface area contributed by atoms with Crippen LogP contribution >= 0.6 is 0 Å². The number of hydrogen-bond donors (Lipinski definition) is 0. The fraction of sp³-hybridized carbons (Fsp3) is 0.923. The van der Waals surface area contributed by atoms with Gasteiger partial charge >= 0.3 is 6.09 Å². The summed E-state index contributed by atoms with van der Waals surface area (Å²) in [5, 5.41) is 0. The number of nitrogens with zero attached hydrogens (tertiary/aromatic N) is 2. The topological polar surface area (TPSA) is 32.8 Å². The van der Waals surface area contributed by atoms with Crippen LogP contribution in [0.4, 0.5) is 4.79 Å². The molecule has 1 rings (SSSR count). The Morgan fingerprint density at radius 2 is 1.47 bits per heavy atom. The summed E-state index contributed by atoms with van der Waals surface area (Å²) in [6, 6.07) is 0.563. The van der Waals surface area contributed by atoms with E-state index in [1.165, 1.54) is 0 Å². The predicted molar refractivity (Wildman–Crippen MR) is 71.2 cm³/mol. The molecule has 0 aliphatic carbocycles. The van der Waals surface area contributed by atoms with E-state index in [4.69, 9.17) is 4.74 Å². The molecule has 1 amide bonds. The zero-order valence-corrected chi connectivity index (χ0v) is 12.2. The van der Waals surface area contributed by atoms with E-state index in [2.05, 4.69) is 18.7 Å². The zero-order valence-electron chi connectivity index (χ0n) is 12.2. The molecule has 0 radical (unpaired) electrons. The molecule has 0 aromatic carbocycles. The summed E-state index contributed by atoms with van der Waals surface area (Å²) in [7, 11) is 0. The number of amides is 1. The Hall–Kier alpha value is -0.770. The van der Waals surface area contributed by atoms with Crippen LogP contribution in [0.25, 0.3) is 0 Å². The third-order valence-corrected chi connectivity index (χ3v) is 2.64. The molecule has 1 heterocycles. The molecule has 102 valence electrons. The van der Waals surface area contributed by atoms with Crippen LogP contribution in [-0.2, 0) is 4.74 Å². The highest BCUT2D eigenvalue weighted by Crippen LogP contribution is 2.07. The van der Waals surface area contributed by atoms with E-state index in [9.17, 15) is 4.79 Å². The quantitative estimate of drug-likeness (QED) is 0.748. The van der Waals surface area contributed by atoms with Crippen LogP contribution in [0, 0.1) is 0 Å². The molecule has 17 heavy (non-hydrogen) atoms. The van der Waals surface area contributed by atoms with Crippen molar-refractivity contribution in [2.45, 2.75) is 53.7 Å². The van der Waals surface area contributed by atoms with Gasteiger partial charge in [0.05, 0.1) is 6.10 Å². The van der Waals surface area contributed by atoms with Crippen LogP contribution in [-0.4, -0.2) is 54.2 Å². The number of carbonyl (C=O) groups excluding carboxylic acids is 1. The maximum Gasteiger partial charge on any atom is 0.410 e. The SMILES string of the molecule is CC.CC(C)OC(=O)N1CCN(C(C)C)CC1. The van der Waals surface area contributed by atoms with E-state index < -0.39 is 0 Å². The maximum absolute atomic E-state index is 11.6. The molecule has 4 heteroatoms. The highest BCUT2D eigenvalue weighted by molar-refractivity contribution is 5.67. The largest absolute Gasteiger partial charge is 0.447 e. The molecule has 0 spiro atoms. The lowest BCUT2D eigenvalue weighted by molar-refractivity contribution is 0.0514. The Kier molecular flexibility index (Phi) is 7.96. The van der Waals surface area contributed by atoms with Crippen LogP contribution in [0.1, 0.15) is 41.5 Å². The molecule has 4 nitrogen and oxygen atoms in total. The maximum atomic E-state index is 11.6. The van der Waals surface area contributed by atoms with Gasteiger partial charge in [-0.15, -0.1) is 0 Å². The van der Waals surface area contributed by atoms with E-state index in [0.29, 0.717) is 6.04 Å². The summed E-state index contributed by atoms with van der Waals surface area (Å²) in [5.74, 6) is 0. The minimum absolute atomic E-state index is 0.0272. The Bertz CT molecular complexity index is 209. The summed E-state index contributed by atoms with van der Waals surface area (Å²) in [5.41, 5.74) is 0. The Morgan fingerprint density at radius 3 is 1.82 bits per heavy atom. The fourth-order valence-electron chi connectivity index (χ4n) is 1.70. The molecule has 1 saturated heterocycles. The molecule has 0 N–H and O–H groups in total. The molecule has 0 aromatic rings. The van der Waals surface area contributed by atoms with Crippen molar-refractivity contribution in [2.75, 3.05) is 26.2 Å². The molecule has 1 aliphatic rings. The lowest BCUT2D eigenvalue weighted by Crippen LogP contribution is -2.51. The second kappa shape index (κ2) is 8.34. The first kappa shape index (κ1) is 16.2. The lowest BCUT2D eigenvalue weighted by Gasteiger charge is -2.36. The first-order valence-electron chi connectivity index (χ1n) is 6.70. The Morgan fingerprint density at radius 1 is 1.00 bits per heavy atom. The number of ether oxygens (including phenoxy) is 1. The van der Waals surface area contributed by atoms with Crippen LogP contribution in [0.5, 0.6) is 0 Å². The van der Waals surface area contributed by atoms with Gasteiger partial charge in [0.15, 0.2) is 0 Å². The first-order valence-corrected chi connectivity index (χ1v) is 6.70. The van der Waals surface area contributed by atoms with Crippen molar-refractivity contribution < 1.29 is 9.53 Å². The van der Waals surface area contributed by atoms with E-state index in [1.54, 1.807) is 4.90 Å². The van der Waals surface area contributed by atoms with Crippen LogP contribution < -0.4 is 0 Å². The van der Waals surface area contributed by atoms with Gasteiger partial charge in [0.2, 0.25) is 0 Å². The zero-order chi connectivity index (χ0) is 13.4. The third-order valence-electron chi connectivity index (χ3n) is 2.64. The molecule has 1 aliphatic heterocycles. The molecule has 0 aromatic heterocycles. The molecule has 1 fully saturated rings.